The van der Waals surface area contributed by atoms with Crippen LogP contribution in [0.15, 0.2) is 53.4 Å². The van der Waals surface area contributed by atoms with Gasteiger partial charge < -0.3 is 25.1 Å². The molecule has 0 unspecified atom stereocenters. The van der Waals surface area contributed by atoms with Crippen molar-refractivity contribution in [3.05, 3.63) is 80.9 Å². The second-order valence-corrected chi connectivity index (χ2v) is 10.7. The Hall–Kier alpha value is -3.10. The van der Waals surface area contributed by atoms with Gasteiger partial charge in [-0.15, -0.1) is 0 Å². The molecule has 0 radical (unpaired) electrons. The maximum Gasteiger partial charge on any atom is 0.257 e. The average Bonchev–Trinajstić information content (AvgIpc) is 3.43. The van der Waals surface area contributed by atoms with Gasteiger partial charge in [-0.25, -0.2) is 0 Å². The zero-order valence-electron chi connectivity index (χ0n) is 22.3. The molecular weight excluding hydrogens is 484 g/mol. The molecule has 198 valence electrons. The Balaban J connectivity index is 1.33. The summed E-state index contributed by atoms with van der Waals surface area (Å²) >= 11 is 1.74. The number of hydrogen-bond acceptors (Lipinski definition) is 6. The molecule has 0 bridgehead atoms. The number of hydrogen-bond donors (Lipinski definition) is 1. The fraction of sp³-hybridized carbons (Fsp3) is 0.448. The van der Waals surface area contributed by atoms with Crippen LogP contribution < -0.4 is 19.7 Å². The molecule has 3 aromatic rings. The first kappa shape index (κ1) is 26.9. The number of para-hydroxylation sites is 2. The SMILES string of the molecule is COc1ccccc1N(Cc1ccsc1)C1CCN([C@H](C)CCNC(=O)c2c(C)cc[n+]([O-])c2C)CC1. The molecule has 7 nitrogen and oxygen atoms in total. The van der Waals surface area contributed by atoms with Crippen LogP contribution in [0.2, 0.25) is 0 Å². The van der Waals surface area contributed by atoms with Gasteiger partial charge in [0, 0.05) is 51.3 Å². The number of nitrogens with zero attached hydrogens (tertiary/aromatic N) is 3. The summed E-state index contributed by atoms with van der Waals surface area (Å²) in [5, 5.41) is 19.3. The fourth-order valence-corrected chi connectivity index (χ4v) is 5.93. The first-order valence-electron chi connectivity index (χ1n) is 13.0. The average molecular weight is 523 g/mol. The van der Waals surface area contributed by atoms with Crippen LogP contribution in [0.1, 0.15) is 53.4 Å². The highest BCUT2D eigenvalue weighted by atomic mass is 32.1. The molecule has 8 heteroatoms. The van der Waals surface area contributed by atoms with Gasteiger partial charge in [-0.3, -0.25) is 4.79 Å². The van der Waals surface area contributed by atoms with Crippen molar-refractivity contribution in [2.24, 2.45) is 0 Å². The van der Waals surface area contributed by atoms with Crippen LogP contribution in [0.5, 0.6) is 5.75 Å². The van der Waals surface area contributed by atoms with E-state index < -0.39 is 0 Å². The van der Waals surface area contributed by atoms with Gasteiger partial charge in [0.25, 0.3) is 5.91 Å². The third kappa shape index (κ3) is 6.43. The molecule has 1 fully saturated rings. The number of methoxy groups -OCH3 is 1. The van der Waals surface area contributed by atoms with Gasteiger partial charge in [-0.1, -0.05) is 12.1 Å². The van der Waals surface area contributed by atoms with Gasteiger partial charge in [-0.05, 0) is 73.2 Å². The van der Waals surface area contributed by atoms with Crippen LogP contribution in [0.3, 0.4) is 0 Å². The highest BCUT2D eigenvalue weighted by Gasteiger charge is 2.28. The molecule has 1 amide bonds. The van der Waals surface area contributed by atoms with Crippen LogP contribution in [0, 0.1) is 19.1 Å². The van der Waals surface area contributed by atoms with Crippen molar-refractivity contribution in [2.45, 2.75) is 58.7 Å². The van der Waals surface area contributed by atoms with Gasteiger partial charge in [0.1, 0.15) is 11.3 Å². The smallest absolute Gasteiger partial charge is 0.257 e. The van der Waals surface area contributed by atoms with Crippen LogP contribution in [0.4, 0.5) is 5.69 Å². The number of carbonyl (C=O) groups excluding carboxylic acids is 1. The van der Waals surface area contributed by atoms with Crippen molar-refractivity contribution in [1.82, 2.24) is 10.2 Å². The highest BCUT2D eigenvalue weighted by Crippen LogP contribution is 2.34. The molecular formula is C29H38N4O3S. The summed E-state index contributed by atoms with van der Waals surface area (Å²) in [6.45, 7) is 9.27. The number of thiophene rings is 1. The van der Waals surface area contributed by atoms with E-state index in [9.17, 15) is 10.0 Å². The summed E-state index contributed by atoms with van der Waals surface area (Å²) in [4.78, 5) is 17.8. The molecule has 0 saturated carbocycles. The lowest BCUT2D eigenvalue weighted by Gasteiger charge is -2.42. The molecule has 1 N–H and O–H groups in total. The lowest BCUT2D eigenvalue weighted by molar-refractivity contribution is -0.612. The van der Waals surface area contributed by atoms with E-state index in [4.69, 9.17) is 4.74 Å². The first-order valence-corrected chi connectivity index (χ1v) is 14.0. The Morgan fingerprint density at radius 1 is 1.24 bits per heavy atom. The molecule has 0 spiro atoms. The van der Waals surface area contributed by atoms with Crippen LogP contribution in [0.25, 0.3) is 0 Å². The van der Waals surface area contributed by atoms with Crippen molar-refractivity contribution in [3.8, 4) is 5.75 Å². The van der Waals surface area contributed by atoms with E-state index in [0.717, 1.165) is 60.6 Å². The number of rotatable bonds is 10. The zero-order valence-corrected chi connectivity index (χ0v) is 23.1. The number of piperidine rings is 1. The normalized spacial score (nSPS) is 15.4. The monoisotopic (exact) mass is 522 g/mol. The lowest BCUT2D eigenvalue weighted by Crippen LogP contribution is -2.48. The number of ether oxygens (including phenoxy) is 1. The molecule has 1 atom stereocenters. The van der Waals surface area contributed by atoms with E-state index >= 15 is 0 Å². The van der Waals surface area contributed by atoms with Gasteiger partial charge in [0.05, 0.1) is 12.8 Å². The summed E-state index contributed by atoms with van der Waals surface area (Å²) in [6.07, 6.45) is 4.46. The third-order valence-corrected chi connectivity index (χ3v) is 8.24. The number of benzene rings is 1. The number of likely N-dealkylation sites (tertiary alicyclic amines) is 1. The Kier molecular flexibility index (Phi) is 9.05. The highest BCUT2D eigenvalue weighted by molar-refractivity contribution is 7.07. The summed E-state index contributed by atoms with van der Waals surface area (Å²) in [5.74, 6) is 0.739. The van der Waals surface area contributed by atoms with E-state index in [2.05, 4.69) is 51.0 Å². The van der Waals surface area contributed by atoms with Gasteiger partial charge in [0.2, 0.25) is 5.69 Å². The summed E-state index contributed by atoms with van der Waals surface area (Å²) in [5.41, 5.74) is 4.21. The summed E-state index contributed by atoms with van der Waals surface area (Å²) in [7, 11) is 1.74. The Morgan fingerprint density at radius 2 is 2.00 bits per heavy atom. The van der Waals surface area contributed by atoms with Crippen LogP contribution >= 0.6 is 11.3 Å². The maximum absolute atomic E-state index is 12.7. The minimum absolute atomic E-state index is 0.174. The predicted octanol–water partition coefficient (Wildman–Crippen LogP) is 4.69. The molecule has 1 aliphatic heterocycles. The largest absolute Gasteiger partial charge is 0.618 e. The number of nitrogens with one attached hydrogen (secondary N) is 1. The van der Waals surface area contributed by atoms with Crippen molar-refractivity contribution in [2.75, 3.05) is 31.6 Å². The van der Waals surface area contributed by atoms with E-state index in [-0.39, 0.29) is 5.91 Å². The minimum Gasteiger partial charge on any atom is -0.618 e. The van der Waals surface area contributed by atoms with Crippen molar-refractivity contribution in [3.63, 3.8) is 0 Å². The fourth-order valence-electron chi connectivity index (χ4n) is 5.27. The molecule has 3 heterocycles. The number of anilines is 1. The van der Waals surface area contributed by atoms with E-state index in [0.29, 0.717) is 29.9 Å². The summed E-state index contributed by atoms with van der Waals surface area (Å²) in [6, 6.07) is 13.0. The first-order chi connectivity index (χ1) is 17.9. The van der Waals surface area contributed by atoms with E-state index in [1.54, 1.807) is 31.4 Å². The number of carbonyl (C=O) groups is 1. The quantitative estimate of drug-likeness (QED) is 0.309. The Labute approximate surface area is 224 Å². The molecule has 1 aromatic carbocycles. The molecule has 4 rings (SSSR count). The predicted molar refractivity (Wildman–Crippen MR) is 149 cm³/mol. The number of aromatic nitrogens is 1. The molecule has 1 saturated heterocycles. The van der Waals surface area contributed by atoms with Crippen molar-refractivity contribution < 1.29 is 14.3 Å². The second-order valence-electron chi connectivity index (χ2n) is 9.88. The third-order valence-electron chi connectivity index (χ3n) is 7.51. The molecule has 0 aliphatic carbocycles. The lowest BCUT2D eigenvalue weighted by atomic mass is 9.99. The minimum atomic E-state index is -0.174. The second kappa shape index (κ2) is 12.4. The molecule has 2 aromatic heterocycles. The molecule has 1 aliphatic rings. The van der Waals surface area contributed by atoms with Gasteiger partial charge in [0.15, 0.2) is 6.20 Å². The van der Waals surface area contributed by atoms with Crippen LogP contribution in [-0.2, 0) is 6.54 Å². The Bertz CT molecular complexity index is 1180. The Morgan fingerprint density at radius 3 is 2.70 bits per heavy atom. The van der Waals surface area contributed by atoms with E-state index in [1.807, 2.05) is 19.1 Å². The standard InChI is InChI=1S/C29H38N4O3S/c1-21-10-17-33(35)23(3)28(21)29(34)30-14-9-22(2)31-15-11-25(12-16-31)32(19-24-13-18-37-20-24)26-7-5-6-8-27(26)36-4/h5-8,10,13,17-18,20,22,25H,9,11-12,14-16,19H2,1-4H3,(H,30,34)/t22-/m1/s1. The number of pyridine rings is 1. The number of amides is 1. The summed E-state index contributed by atoms with van der Waals surface area (Å²) < 4.78 is 6.46. The molecule has 37 heavy (non-hydrogen) atoms. The maximum atomic E-state index is 12.7. The van der Waals surface area contributed by atoms with Crippen LogP contribution in [-0.4, -0.2) is 49.6 Å². The number of aryl methyl sites for hydroxylation is 1. The van der Waals surface area contributed by atoms with Crippen molar-refractivity contribution >= 4 is 22.9 Å². The van der Waals surface area contributed by atoms with E-state index in [1.165, 1.54) is 11.8 Å². The van der Waals surface area contributed by atoms with Crippen molar-refractivity contribution in [1.29, 1.82) is 0 Å². The topological polar surface area (TPSA) is 71.8 Å². The van der Waals surface area contributed by atoms with Gasteiger partial charge >= 0.3 is 0 Å². The van der Waals surface area contributed by atoms with Gasteiger partial charge in [-0.2, -0.15) is 16.1 Å². The zero-order chi connectivity index (χ0) is 26.4.